The smallest absolute Gasteiger partial charge is 0.372 e. The first-order chi connectivity index (χ1) is 12.6. The second-order valence-electron chi connectivity index (χ2n) is 6.62. The van der Waals surface area contributed by atoms with Crippen molar-refractivity contribution >= 4 is 22.6 Å². The highest BCUT2D eigenvalue weighted by Gasteiger charge is 2.39. The molecule has 0 aliphatic heterocycles. The summed E-state index contributed by atoms with van der Waals surface area (Å²) in [6.07, 6.45) is 3.78. The van der Waals surface area contributed by atoms with Crippen molar-refractivity contribution in [3.05, 3.63) is 34.8 Å². The average Bonchev–Trinajstić information content (AvgIpc) is 3.00. The average molecular weight is 374 g/mol. The van der Waals surface area contributed by atoms with Gasteiger partial charge in [-0.15, -0.1) is 5.92 Å². The van der Waals surface area contributed by atoms with Crippen molar-refractivity contribution in [3.8, 4) is 17.6 Å². The molecule has 0 heterocycles. The van der Waals surface area contributed by atoms with Crippen LogP contribution in [0, 0.1) is 29.5 Å². The Bertz CT molecular complexity index is 803. The van der Waals surface area contributed by atoms with E-state index in [0.717, 1.165) is 36.6 Å². The first-order valence-electron chi connectivity index (χ1n) is 8.95. The third kappa shape index (κ3) is 3.76. The molecule has 3 rings (SSSR count). The third-order valence-electron chi connectivity index (χ3n) is 5.00. The van der Waals surface area contributed by atoms with Gasteiger partial charge in [-0.2, -0.15) is 0 Å². The van der Waals surface area contributed by atoms with Gasteiger partial charge in [-0.3, -0.25) is 0 Å². The van der Waals surface area contributed by atoms with E-state index in [2.05, 4.69) is 11.8 Å². The third-order valence-corrected chi connectivity index (χ3v) is 5.61. The number of halogens is 1. The SMILES string of the molecule is CC#Cc1cc(F)c(C2=C(OC(=O)SCC)C3CCC(C2)C3)c(OC)c1. The molecule has 0 amide bonds. The van der Waals surface area contributed by atoms with E-state index in [1.807, 2.05) is 6.92 Å². The molecule has 2 bridgehead atoms. The second-order valence-corrected chi connectivity index (χ2v) is 7.82. The molecule has 5 heteroatoms. The number of thioether (sulfide) groups is 1. The van der Waals surface area contributed by atoms with E-state index >= 15 is 4.39 Å². The maximum absolute atomic E-state index is 15.0. The van der Waals surface area contributed by atoms with E-state index in [0.29, 0.717) is 40.7 Å². The minimum Gasteiger partial charge on any atom is -0.496 e. The van der Waals surface area contributed by atoms with Gasteiger partial charge in [0.1, 0.15) is 17.3 Å². The molecule has 1 saturated carbocycles. The van der Waals surface area contributed by atoms with Crippen LogP contribution in [-0.4, -0.2) is 18.2 Å². The van der Waals surface area contributed by atoms with E-state index in [1.165, 1.54) is 13.2 Å². The molecule has 0 N–H and O–H groups in total. The second kappa shape index (κ2) is 8.18. The first kappa shape index (κ1) is 18.8. The summed E-state index contributed by atoms with van der Waals surface area (Å²) in [5.74, 6) is 7.69. The molecule has 2 atom stereocenters. The number of hydrogen-bond acceptors (Lipinski definition) is 4. The Kier molecular flexibility index (Phi) is 5.93. The van der Waals surface area contributed by atoms with Crippen LogP contribution in [0.4, 0.5) is 9.18 Å². The Balaban J connectivity index is 2.10. The van der Waals surface area contributed by atoms with Gasteiger partial charge in [0.2, 0.25) is 0 Å². The van der Waals surface area contributed by atoms with Crippen LogP contribution in [0.2, 0.25) is 0 Å². The molecule has 0 aromatic heterocycles. The molecule has 2 aliphatic rings. The summed E-state index contributed by atoms with van der Waals surface area (Å²) in [4.78, 5) is 12.1. The fourth-order valence-electron chi connectivity index (χ4n) is 3.99. The Morgan fingerprint density at radius 1 is 1.38 bits per heavy atom. The fourth-order valence-corrected chi connectivity index (χ4v) is 4.38. The number of fused-ring (bicyclic) bond motifs is 2. The highest BCUT2D eigenvalue weighted by Crippen LogP contribution is 2.50. The van der Waals surface area contributed by atoms with Crippen molar-refractivity contribution in [1.29, 1.82) is 0 Å². The molecule has 1 fully saturated rings. The van der Waals surface area contributed by atoms with Gasteiger partial charge < -0.3 is 9.47 Å². The summed E-state index contributed by atoms with van der Waals surface area (Å²) in [6, 6.07) is 3.18. The topological polar surface area (TPSA) is 35.5 Å². The van der Waals surface area contributed by atoms with Gasteiger partial charge in [0.25, 0.3) is 0 Å². The van der Waals surface area contributed by atoms with E-state index in [1.54, 1.807) is 13.0 Å². The van der Waals surface area contributed by atoms with Gasteiger partial charge in [-0.05, 0) is 62.4 Å². The minimum atomic E-state index is -0.380. The van der Waals surface area contributed by atoms with E-state index in [-0.39, 0.29) is 17.0 Å². The predicted octanol–water partition coefficient (Wildman–Crippen LogP) is 5.63. The normalized spacial score (nSPS) is 21.2. The fraction of sp³-hybridized carbons (Fsp3) is 0.476. The molecule has 2 unspecified atom stereocenters. The van der Waals surface area contributed by atoms with Crippen molar-refractivity contribution < 1.29 is 18.7 Å². The molecule has 3 nitrogen and oxygen atoms in total. The number of rotatable bonds is 4. The van der Waals surface area contributed by atoms with Crippen LogP contribution in [0.1, 0.15) is 50.7 Å². The zero-order valence-corrected chi connectivity index (χ0v) is 16.2. The molecule has 2 aliphatic carbocycles. The number of methoxy groups -OCH3 is 1. The van der Waals surface area contributed by atoms with Crippen LogP contribution >= 0.6 is 11.8 Å². The van der Waals surface area contributed by atoms with Crippen molar-refractivity contribution in [3.63, 3.8) is 0 Å². The molecule has 1 aromatic rings. The monoisotopic (exact) mass is 374 g/mol. The van der Waals surface area contributed by atoms with Gasteiger partial charge >= 0.3 is 5.30 Å². The van der Waals surface area contributed by atoms with Crippen molar-refractivity contribution in [1.82, 2.24) is 0 Å². The van der Waals surface area contributed by atoms with Crippen LogP contribution in [0.15, 0.2) is 17.9 Å². The van der Waals surface area contributed by atoms with Crippen LogP contribution in [0.3, 0.4) is 0 Å². The van der Waals surface area contributed by atoms with Gasteiger partial charge in [-0.25, -0.2) is 9.18 Å². The number of benzene rings is 1. The molecule has 1 aromatic carbocycles. The predicted molar refractivity (Wildman–Crippen MR) is 102 cm³/mol. The largest absolute Gasteiger partial charge is 0.496 e. The van der Waals surface area contributed by atoms with Gasteiger partial charge in [0.05, 0.1) is 12.7 Å². The summed E-state index contributed by atoms with van der Waals surface area (Å²) in [5, 5.41) is -0.321. The summed E-state index contributed by atoms with van der Waals surface area (Å²) < 4.78 is 26.2. The number of ether oxygens (including phenoxy) is 2. The molecular formula is C21H23FO3S. The van der Waals surface area contributed by atoms with Crippen molar-refractivity contribution in [2.45, 2.75) is 39.5 Å². The molecule has 0 radical (unpaired) electrons. The van der Waals surface area contributed by atoms with Crippen molar-refractivity contribution in [2.24, 2.45) is 11.8 Å². The Morgan fingerprint density at radius 3 is 2.88 bits per heavy atom. The zero-order chi connectivity index (χ0) is 18.7. The molecule has 138 valence electrons. The highest BCUT2D eigenvalue weighted by molar-refractivity contribution is 8.13. The van der Waals surface area contributed by atoms with Crippen LogP contribution < -0.4 is 4.74 Å². The van der Waals surface area contributed by atoms with Gasteiger partial charge in [-0.1, -0.05) is 12.8 Å². The maximum Gasteiger partial charge on any atom is 0.372 e. The summed E-state index contributed by atoms with van der Waals surface area (Å²) in [5.41, 5.74) is 1.76. The maximum atomic E-state index is 15.0. The van der Waals surface area contributed by atoms with E-state index < -0.39 is 0 Å². The Hall–Kier alpha value is -1.93. The van der Waals surface area contributed by atoms with Crippen LogP contribution in [0.25, 0.3) is 5.57 Å². The quantitative estimate of drug-likeness (QED) is 0.506. The highest BCUT2D eigenvalue weighted by atomic mass is 32.2. The first-order valence-corrected chi connectivity index (χ1v) is 9.94. The number of carbonyl (C=O) groups excluding carboxylic acids is 1. The number of hydrogen-bond donors (Lipinski definition) is 0. The molecule has 26 heavy (non-hydrogen) atoms. The van der Waals surface area contributed by atoms with Crippen molar-refractivity contribution in [2.75, 3.05) is 12.9 Å². The zero-order valence-electron chi connectivity index (χ0n) is 15.4. The minimum absolute atomic E-state index is 0.185. The number of carbonyl (C=O) groups is 1. The summed E-state index contributed by atoms with van der Waals surface area (Å²) in [6.45, 7) is 3.62. The summed E-state index contributed by atoms with van der Waals surface area (Å²) in [7, 11) is 1.53. The van der Waals surface area contributed by atoms with Crippen LogP contribution in [0.5, 0.6) is 5.75 Å². The lowest BCUT2D eigenvalue weighted by Crippen LogP contribution is -2.16. The molecule has 0 saturated heterocycles. The number of allylic oxidation sites excluding steroid dienone is 2. The van der Waals surface area contributed by atoms with Gasteiger partial charge in [0.15, 0.2) is 0 Å². The lowest BCUT2D eigenvalue weighted by Gasteiger charge is -2.27. The van der Waals surface area contributed by atoms with Crippen LogP contribution in [-0.2, 0) is 4.74 Å². The molecule has 0 spiro atoms. The Morgan fingerprint density at radius 2 is 2.19 bits per heavy atom. The Labute approximate surface area is 158 Å². The summed E-state index contributed by atoms with van der Waals surface area (Å²) >= 11 is 1.13. The van der Waals surface area contributed by atoms with Gasteiger partial charge in [0, 0.05) is 22.8 Å². The lowest BCUT2D eigenvalue weighted by atomic mass is 9.83. The standard InChI is InChI=1S/C21H23FO3S/c1-4-6-13-11-17(22)19(18(12-13)24-3)16-10-14-7-8-15(9-14)20(16)25-21(23)26-5-2/h11-12,14-15H,5,7-10H2,1-3H3. The lowest BCUT2D eigenvalue weighted by molar-refractivity contribution is 0.190. The van der Waals surface area contributed by atoms with E-state index in [9.17, 15) is 4.79 Å². The van der Waals surface area contributed by atoms with E-state index in [4.69, 9.17) is 9.47 Å². The molecular weight excluding hydrogens is 351 g/mol.